The predicted molar refractivity (Wildman–Crippen MR) is 130 cm³/mol. The number of nitrogens with one attached hydrogen (secondary N) is 1. The minimum atomic E-state index is -0.415. The van der Waals surface area contributed by atoms with E-state index < -0.39 is 6.04 Å². The minimum Gasteiger partial charge on any atom is -0.454 e. The molecular formula is C26H20N4O3S. The lowest BCUT2D eigenvalue weighted by Gasteiger charge is -2.18. The zero-order valence-corrected chi connectivity index (χ0v) is 19.1. The highest BCUT2D eigenvalue weighted by molar-refractivity contribution is 7.16. The van der Waals surface area contributed by atoms with Gasteiger partial charge in [0.1, 0.15) is 21.8 Å². The number of hydrogen-bond donors (Lipinski definition) is 1. The maximum atomic E-state index is 13.3. The molecule has 0 fully saturated rings. The Labute approximate surface area is 199 Å². The summed E-state index contributed by atoms with van der Waals surface area (Å²) in [7, 11) is 1.97. The average molecular weight is 469 g/mol. The molecule has 1 amide bonds. The minimum absolute atomic E-state index is 0.203. The number of imidazole rings is 1. The normalized spacial score (nSPS) is 13.2. The third kappa shape index (κ3) is 3.58. The van der Waals surface area contributed by atoms with E-state index in [4.69, 9.17) is 14.5 Å². The van der Waals surface area contributed by atoms with Crippen LogP contribution in [0.4, 0.5) is 0 Å². The van der Waals surface area contributed by atoms with Gasteiger partial charge in [0.15, 0.2) is 11.5 Å². The molecule has 34 heavy (non-hydrogen) atoms. The lowest BCUT2D eigenvalue weighted by molar-refractivity contribution is 0.0945. The van der Waals surface area contributed by atoms with Crippen LogP contribution in [0.3, 0.4) is 0 Å². The topological polar surface area (TPSA) is 78.3 Å². The fourth-order valence-electron chi connectivity index (χ4n) is 4.11. The summed E-state index contributed by atoms with van der Waals surface area (Å²) in [5, 5.41) is 3.92. The first-order chi connectivity index (χ1) is 16.7. The Morgan fingerprint density at radius 3 is 2.68 bits per heavy atom. The number of thiazole rings is 1. The highest BCUT2D eigenvalue weighted by Gasteiger charge is 2.24. The van der Waals surface area contributed by atoms with Gasteiger partial charge in [-0.1, -0.05) is 42.5 Å². The van der Waals surface area contributed by atoms with Gasteiger partial charge in [-0.2, -0.15) is 0 Å². The smallest absolute Gasteiger partial charge is 0.263 e. The van der Waals surface area contributed by atoms with Gasteiger partial charge < -0.3 is 19.4 Å². The number of nitrogens with zero attached hydrogens (tertiary/aromatic N) is 3. The van der Waals surface area contributed by atoms with E-state index in [2.05, 4.69) is 10.3 Å². The SMILES string of the molecule is Cn1c(C(NC(=O)c2cnc(-c3ccc4c(c3)OCO4)s2)c2ccccc2)nc2ccccc21. The standard InChI is InChI=1S/C26H20N4O3S/c1-30-19-10-6-5-9-18(19)28-24(30)23(16-7-3-2-4-8-16)29-25(31)22-14-27-26(34-22)17-11-12-20-21(13-17)33-15-32-20/h2-14,23H,15H2,1H3,(H,29,31). The van der Waals surface area contributed by atoms with Crippen molar-refractivity contribution in [1.29, 1.82) is 0 Å². The molecule has 1 aliphatic heterocycles. The molecule has 0 radical (unpaired) electrons. The van der Waals surface area contributed by atoms with Crippen LogP contribution in [0, 0.1) is 0 Å². The van der Waals surface area contributed by atoms with Crippen molar-refractivity contribution in [2.45, 2.75) is 6.04 Å². The second-order valence-electron chi connectivity index (χ2n) is 7.93. The summed E-state index contributed by atoms with van der Waals surface area (Å²) in [4.78, 5) is 23.2. The molecular weight excluding hydrogens is 448 g/mol. The summed E-state index contributed by atoms with van der Waals surface area (Å²) >= 11 is 1.33. The van der Waals surface area contributed by atoms with Gasteiger partial charge in [0.05, 0.1) is 17.2 Å². The van der Waals surface area contributed by atoms with Crippen molar-refractivity contribution >= 4 is 28.3 Å². The second-order valence-corrected chi connectivity index (χ2v) is 8.96. The fraction of sp³-hybridized carbons (Fsp3) is 0.115. The Balaban J connectivity index is 1.32. The first-order valence-electron chi connectivity index (χ1n) is 10.8. The summed E-state index contributed by atoms with van der Waals surface area (Å²) in [6, 6.07) is 23.1. The molecule has 168 valence electrons. The molecule has 0 bridgehead atoms. The van der Waals surface area contributed by atoms with E-state index in [-0.39, 0.29) is 12.7 Å². The molecule has 3 aromatic carbocycles. The summed E-state index contributed by atoms with van der Waals surface area (Å²) in [6.45, 7) is 0.216. The van der Waals surface area contributed by atoms with Crippen molar-refractivity contribution in [3.05, 3.63) is 95.3 Å². The summed E-state index contributed by atoms with van der Waals surface area (Å²) < 4.78 is 12.9. The van der Waals surface area contributed by atoms with Gasteiger partial charge in [-0.25, -0.2) is 9.97 Å². The molecule has 8 heteroatoms. The number of hydrogen-bond acceptors (Lipinski definition) is 6. The first-order valence-corrected chi connectivity index (χ1v) is 11.6. The maximum Gasteiger partial charge on any atom is 0.263 e. The van der Waals surface area contributed by atoms with E-state index in [9.17, 15) is 4.79 Å². The number of ether oxygens (including phenoxy) is 2. The first kappa shape index (κ1) is 20.4. The van der Waals surface area contributed by atoms with Crippen LogP contribution in [0.1, 0.15) is 27.1 Å². The predicted octanol–water partition coefficient (Wildman–Crippen LogP) is 4.94. The quantitative estimate of drug-likeness (QED) is 0.395. The molecule has 7 nitrogen and oxygen atoms in total. The number of benzene rings is 3. The van der Waals surface area contributed by atoms with Crippen molar-refractivity contribution in [1.82, 2.24) is 19.9 Å². The van der Waals surface area contributed by atoms with Crippen LogP contribution < -0.4 is 14.8 Å². The van der Waals surface area contributed by atoms with Gasteiger partial charge in [-0.05, 0) is 35.9 Å². The van der Waals surface area contributed by atoms with Gasteiger partial charge in [0.25, 0.3) is 5.91 Å². The van der Waals surface area contributed by atoms with Crippen molar-refractivity contribution in [3.8, 4) is 22.1 Å². The van der Waals surface area contributed by atoms with Crippen LogP contribution in [0.5, 0.6) is 11.5 Å². The second kappa shape index (κ2) is 8.31. The van der Waals surface area contributed by atoms with Crippen LogP contribution >= 0.6 is 11.3 Å². The molecule has 2 aromatic heterocycles. The van der Waals surface area contributed by atoms with Crippen molar-refractivity contribution in [3.63, 3.8) is 0 Å². The van der Waals surface area contributed by atoms with Crippen LogP contribution in [0.25, 0.3) is 21.6 Å². The highest BCUT2D eigenvalue weighted by atomic mass is 32.1. The summed E-state index contributed by atoms with van der Waals surface area (Å²) in [5.74, 6) is 1.96. The van der Waals surface area contributed by atoms with E-state index in [1.807, 2.05) is 84.4 Å². The molecule has 0 saturated heterocycles. The Kier molecular flexibility index (Phi) is 5.00. The number of aromatic nitrogens is 3. The zero-order valence-electron chi connectivity index (χ0n) is 18.3. The number of aryl methyl sites for hydroxylation is 1. The third-order valence-electron chi connectivity index (χ3n) is 5.84. The maximum absolute atomic E-state index is 13.3. The Bertz CT molecular complexity index is 1510. The molecule has 1 aliphatic rings. The summed E-state index contributed by atoms with van der Waals surface area (Å²) in [5.41, 5.74) is 3.73. The third-order valence-corrected chi connectivity index (χ3v) is 6.88. The largest absolute Gasteiger partial charge is 0.454 e. The van der Waals surface area contributed by atoms with Gasteiger partial charge in [-0.3, -0.25) is 4.79 Å². The molecule has 5 aromatic rings. The van der Waals surface area contributed by atoms with E-state index in [1.54, 1.807) is 6.20 Å². The lowest BCUT2D eigenvalue weighted by atomic mass is 10.1. The van der Waals surface area contributed by atoms with Gasteiger partial charge >= 0.3 is 0 Å². The molecule has 1 atom stereocenters. The van der Waals surface area contributed by atoms with Gasteiger partial charge in [0, 0.05) is 12.6 Å². The number of para-hydroxylation sites is 2. The molecule has 3 heterocycles. The Hall–Kier alpha value is -4.17. The van der Waals surface area contributed by atoms with Gasteiger partial charge in [0.2, 0.25) is 6.79 Å². The molecule has 0 aliphatic carbocycles. The Morgan fingerprint density at radius 1 is 1.03 bits per heavy atom. The van der Waals surface area contributed by atoms with Crippen molar-refractivity contribution in [2.24, 2.45) is 7.05 Å². The molecule has 6 rings (SSSR count). The number of rotatable bonds is 5. The van der Waals surface area contributed by atoms with Crippen LogP contribution in [0.2, 0.25) is 0 Å². The van der Waals surface area contributed by atoms with E-state index in [0.29, 0.717) is 16.4 Å². The molecule has 0 saturated carbocycles. The molecule has 0 spiro atoms. The Morgan fingerprint density at radius 2 is 1.82 bits per heavy atom. The van der Waals surface area contributed by atoms with Crippen LogP contribution in [-0.2, 0) is 7.05 Å². The zero-order chi connectivity index (χ0) is 23.1. The van der Waals surface area contributed by atoms with Crippen LogP contribution in [0.15, 0.2) is 79.0 Å². The summed E-state index contributed by atoms with van der Waals surface area (Å²) in [6.07, 6.45) is 1.61. The molecule has 1 unspecified atom stereocenters. The number of carbonyl (C=O) groups excluding carboxylic acids is 1. The van der Waals surface area contributed by atoms with Crippen LogP contribution in [-0.4, -0.2) is 27.2 Å². The highest BCUT2D eigenvalue weighted by Crippen LogP contribution is 2.37. The number of amides is 1. The lowest BCUT2D eigenvalue weighted by Crippen LogP contribution is -2.30. The molecule has 1 N–H and O–H groups in total. The average Bonchev–Trinajstić information content (AvgIpc) is 3.62. The fourth-order valence-corrected chi connectivity index (χ4v) is 4.92. The van der Waals surface area contributed by atoms with E-state index in [1.165, 1.54) is 11.3 Å². The monoisotopic (exact) mass is 468 g/mol. The number of carbonyl (C=O) groups is 1. The van der Waals surface area contributed by atoms with Gasteiger partial charge in [-0.15, -0.1) is 11.3 Å². The van der Waals surface area contributed by atoms with Crippen molar-refractivity contribution < 1.29 is 14.3 Å². The van der Waals surface area contributed by atoms with Crippen molar-refractivity contribution in [2.75, 3.05) is 6.79 Å². The van der Waals surface area contributed by atoms with E-state index >= 15 is 0 Å². The number of fused-ring (bicyclic) bond motifs is 2. The van der Waals surface area contributed by atoms with E-state index in [0.717, 1.165) is 33.0 Å².